The number of carbonyl (C=O) groups is 1. The number of piperazine rings is 1. The molecule has 0 bridgehead atoms. The third-order valence-electron chi connectivity index (χ3n) is 7.14. The van der Waals surface area contributed by atoms with Crippen molar-refractivity contribution in [2.75, 3.05) is 39.8 Å². The molecule has 1 aliphatic heterocycles. The lowest BCUT2D eigenvalue weighted by atomic mass is 9.79. The second-order valence-electron chi connectivity index (χ2n) is 9.44. The summed E-state index contributed by atoms with van der Waals surface area (Å²) in [7, 11) is 2.17. The first-order chi connectivity index (χ1) is 14.4. The van der Waals surface area contributed by atoms with Crippen LogP contribution < -0.4 is 10.9 Å². The third-order valence-corrected chi connectivity index (χ3v) is 7.14. The molecule has 1 saturated carbocycles. The highest BCUT2D eigenvalue weighted by Gasteiger charge is 2.39. The summed E-state index contributed by atoms with van der Waals surface area (Å²) in [6.45, 7) is 10.8. The van der Waals surface area contributed by atoms with Crippen molar-refractivity contribution in [1.82, 2.24) is 15.1 Å². The van der Waals surface area contributed by atoms with Crippen LogP contribution in [0.5, 0.6) is 0 Å². The predicted molar refractivity (Wildman–Crippen MR) is 120 cm³/mol. The minimum atomic E-state index is -0.511. The Kier molecular flexibility index (Phi) is 7.75. The van der Waals surface area contributed by atoms with E-state index in [0.29, 0.717) is 17.9 Å². The maximum absolute atomic E-state index is 13.0. The Balaban J connectivity index is 1.73. The molecule has 1 saturated heterocycles. The summed E-state index contributed by atoms with van der Waals surface area (Å²) in [5, 5.41) is 3.12. The fraction of sp³-hybridized carbons (Fsp3) is 0.750. The molecule has 6 heteroatoms. The zero-order valence-corrected chi connectivity index (χ0v) is 19.3. The molecule has 0 radical (unpaired) electrons. The summed E-state index contributed by atoms with van der Waals surface area (Å²) < 4.78 is 5.54. The highest BCUT2D eigenvalue weighted by molar-refractivity contribution is 5.95. The van der Waals surface area contributed by atoms with E-state index in [1.54, 1.807) is 0 Å². The summed E-state index contributed by atoms with van der Waals surface area (Å²) in [4.78, 5) is 30.6. The predicted octanol–water partition coefficient (Wildman–Crippen LogP) is 3.53. The smallest absolute Gasteiger partial charge is 0.349 e. The van der Waals surface area contributed by atoms with E-state index in [4.69, 9.17) is 4.42 Å². The highest BCUT2D eigenvalue weighted by atomic mass is 16.4. The van der Waals surface area contributed by atoms with Crippen molar-refractivity contribution in [3.8, 4) is 0 Å². The van der Waals surface area contributed by atoms with Crippen LogP contribution in [0.15, 0.2) is 15.3 Å². The molecule has 3 rings (SSSR count). The molecule has 0 spiro atoms. The summed E-state index contributed by atoms with van der Waals surface area (Å²) in [5.74, 6) is 0.563. The van der Waals surface area contributed by atoms with Gasteiger partial charge in [-0.05, 0) is 44.9 Å². The van der Waals surface area contributed by atoms with Gasteiger partial charge in [0.2, 0.25) is 0 Å². The summed E-state index contributed by atoms with van der Waals surface area (Å²) >= 11 is 0. The molecular weight excluding hydrogens is 378 g/mol. The van der Waals surface area contributed by atoms with E-state index in [1.807, 2.05) is 13.0 Å². The second kappa shape index (κ2) is 10.1. The minimum Gasteiger partial charge on any atom is -0.427 e. The molecule has 6 nitrogen and oxygen atoms in total. The van der Waals surface area contributed by atoms with Gasteiger partial charge in [-0.2, -0.15) is 0 Å². The summed E-state index contributed by atoms with van der Waals surface area (Å²) in [6, 6.07) is 1.87. The largest absolute Gasteiger partial charge is 0.427 e. The van der Waals surface area contributed by atoms with Crippen molar-refractivity contribution in [1.29, 1.82) is 0 Å². The zero-order valence-electron chi connectivity index (χ0n) is 19.3. The maximum Gasteiger partial charge on any atom is 0.349 e. The molecule has 2 heterocycles. The summed E-state index contributed by atoms with van der Waals surface area (Å²) in [6.07, 6.45) is 7.88. The Morgan fingerprint density at radius 3 is 2.47 bits per heavy atom. The number of aryl methyl sites for hydroxylation is 1. The molecule has 1 unspecified atom stereocenters. The zero-order chi connectivity index (χ0) is 21.7. The van der Waals surface area contributed by atoms with Gasteiger partial charge in [0, 0.05) is 44.2 Å². The molecule has 30 heavy (non-hydrogen) atoms. The Morgan fingerprint density at radius 2 is 1.87 bits per heavy atom. The number of hydrogen-bond donors (Lipinski definition) is 1. The molecule has 1 aromatic rings. The Hall–Kier alpha value is -1.66. The van der Waals surface area contributed by atoms with E-state index in [1.165, 1.54) is 19.3 Å². The number of hydrogen-bond acceptors (Lipinski definition) is 5. The van der Waals surface area contributed by atoms with Gasteiger partial charge in [-0.15, -0.1) is 0 Å². The molecule has 168 valence electrons. The summed E-state index contributed by atoms with van der Waals surface area (Å²) in [5.41, 5.74) is 0.368. The maximum atomic E-state index is 13.0. The van der Waals surface area contributed by atoms with Crippen LogP contribution in [0, 0.1) is 6.92 Å². The molecule has 1 N–H and O–H groups in total. The lowest BCUT2D eigenvalue weighted by Gasteiger charge is -2.49. The van der Waals surface area contributed by atoms with Crippen LogP contribution >= 0.6 is 0 Å². The van der Waals surface area contributed by atoms with E-state index in [2.05, 4.69) is 36.0 Å². The first-order valence-electron chi connectivity index (χ1n) is 11.7. The van der Waals surface area contributed by atoms with E-state index in [-0.39, 0.29) is 22.9 Å². The Morgan fingerprint density at radius 1 is 1.20 bits per heavy atom. The average molecular weight is 418 g/mol. The van der Waals surface area contributed by atoms with E-state index in [0.717, 1.165) is 51.9 Å². The fourth-order valence-corrected chi connectivity index (χ4v) is 5.15. The van der Waals surface area contributed by atoms with Crippen LogP contribution in [-0.2, 0) is 0 Å². The van der Waals surface area contributed by atoms with Crippen LogP contribution in [0.4, 0.5) is 0 Å². The van der Waals surface area contributed by atoms with Crippen LogP contribution in [0.3, 0.4) is 0 Å². The number of rotatable bonds is 7. The van der Waals surface area contributed by atoms with Gasteiger partial charge in [0.05, 0.1) is 0 Å². The lowest BCUT2D eigenvalue weighted by Crippen LogP contribution is -2.61. The number of likely N-dealkylation sites (N-methyl/N-ethyl adjacent to an activating group) is 1. The van der Waals surface area contributed by atoms with Crippen LogP contribution in [0.2, 0.25) is 0 Å². The molecule has 1 aromatic heterocycles. The molecular formula is C24H39N3O3. The molecule has 1 atom stereocenters. The average Bonchev–Trinajstić information content (AvgIpc) is 2.73. The quantitative estimate of drug-likeness (QED) is 0.735. The first-order valence-corrected chi connectivity index (χ1v) is 11.7. The van der Waals surface area contributed by atoms with Crippen LogP contribution in [0.25, 0.3) is 0 Å². The van der Waals surface area contributed by atoms with Crippen molar-refractivity contribution >= 4 is 5.91 Å². The van der Waals surface area contributed by atoms with Gasteiger partial charge in [-0.25, -0.2) is 4.79 Å². The van der Waals surface area contributed by atoms with Crippen LogP contribution in [-0.4, -0.2) is 61.0 Å². The fourth-order valence-electron chi connectivity index (χ4n) is 5.15. The minimum absolute atomic E-state index is 0.0127. The standard InChI is InChI=1S/C24H39N3O3/c1-5-9-18(2)20-16-19(3)21(23(29)30-20)22(28)25-17-24(10-7-6-8-11-24)27-14-12-26(4)13-15-27/h16,18H,5-15,17H2,1-4H3,(H,25,28). The van der Waals surface area contributed by atoms with Crippen molar-refractivity contribution in [2.24, 2.45) is 0 Å². The van der Waals surface area contributed by atoms with Crippen molar-refractivity contribution < 1.29 is 9.21 Å². The van der Waals surface area contributed by atoms with Gasteiger partial charge in [-0.1, -0.05) is 39.5 Å². The van der Waals surface area contributed by atoms with Gasteiger partial charge >= 0.3 is 5.63 Å². The Bertz CT molecular complexity index is 774. The molecule has 1 aliphatic carbocycles. The van der Waals surface area contributed by atoms with Gasteiger partial charge < -0.3 is 14.6 Å². The second-order valence-corrected chi connectivity index (χ2v) is 9.44. The van der Waals surface area contributed by atoms with Gasteiger partial charge in [0.15, 0.2) is 0 Å². The third kappa shape index (κ3) is 5.14. The molecule has 0 aromatic carbocycles. The molecule has 2 aliphatic rings. The topological polar surface area (TPSA) is 65.8 Å². The number of amides is 1. The van der Waals surface area contributed by atoms with Gasteiger partial charge in [0.25, 0.3) is 5.91 Å². The molecule has 1 amide bonds. The van der Waals surface area contributed by atoms with Gasteiger partial charge in [0.1, 0.15) is 11.3 Å². The SMILES string of the molecule is CCCC(C)c1cc(C)c(C(=O)NCC2(N3CCN(C)CC3)CCCCC2)c(=O)o1. The monoisotopic (exact) mass is 417 g/mol. The van der Waals surface area contributed by atoms with Gasteiger partial charge in [-0.3, -0.25) is 9.69 Å². The van der Waals surface area contributed by atoms with E-state index >= 15 is 0 Å². The lowest BCUT2D eigenvalue weighted by molar-refractivity contribution is 0.0138. The number of carbonyl (C=O) groups excluding carboxylic acids is 1. The normalized spacial score (nSPS) is 21.3. The molecule has 2 fully saturated rings. The van der Waals surface area contributed by atoms with Crippen molar-refractivity contribution in [2.45, 2.75) is 77.2 Å². The highest BCUT2D eigenvalue weighted by Crippen LogP contribution is 2.34. The van der Waals surface area contributed by atoms with Crippen molar-refractivity contribution in [3.05, 3.63) is 33.4 Å². The Labute approximate surface area is 181 Å². The van der Waals surface area contributed by atoms with Crippen LogP contribution in [0.1, 0.15) is 86.4 Å². The van der Waals surface area contributed by atoms with E-state index < -0.39 is 5.63 Å². The van der Waals surface area contributed by atoms with E-state index in [9.17, 15) is 9.59 Å². The first kappa shape index (κ1) is 23.0. The number of nitrogens with one attached hydrogen (secondary N) is 1. The number of nitrogens with zero attached hydrogens (tertiary/aromatic N) is 2. The van der Waals surface area contributed by atoms with Crippen molar-refractivity contribution in [3.63, 3.8) is 0 Å².